The molecule has 0 saturated heterocycles. The lowest BCUT2D eigenvalue weighted by atomic mass is 10.1. The Balaban J connectivity index is 2.60. The summed E-state index contributed by atoms with van der Waals surface area (Å²) in [7, 11) is -4.63. The first-order chi connectivity index (χ1) is 7.07. The zero-order valence-corrected chi connectivity index (χ0v) is 8.46. The van der Waals surface area contributed by atoms with Crippen molar-refractivity contribution in [1.82, 2.24) is 5.32 Å². The van der Waals surface area contributed by atoms with Gasteiger partial charge in [-0.25, -0.2) is 0 Å². The molecule has 1 heterocycles. The lowest BCUT2D eigenvalue weighted by Crippen LogP contribution is -1.93. The van der Waals surface area contributed by atoms with Crippen LogP contribution >= 0.6 is 0 Å². The Morgan fingerprint density at radius 2 is 1.73 bits per heavy atom. The smallest absolute Gasteiger partial charge is 0.332 e. The van der Waals surface area contributed by atoms with E-state index in [-0.39, 0.29) is 4.90 Å². The summed E-state index contributed by atoms with van der Waals surface area (Å²) in [6.07, 6.45) is 6.83. The number of halogens is 1. The van der Waals surface area contributed by atoms with Crippen molar-refractivity contribution in [3.63, 3.8) is 0 Å². The SMILES string of the molecule is O=S(=O)(F)c1ccc2c(c1)C=CNC=C2. The Bertz CT molecular complexity index is 547. The summed E-state index contributed by atoms with van der Waals surface area (Å²) in [4.78, 5) is -0.318. The van der Waals surface area contributed by atoms with E-state index in [1.54, 1.807) is 30.6 Å². The van der Waals surface area contributed by atoms with Crippen LogP contribution in [0.1, 0.15) is 11.1 Å². The van der Waals surface area contributed by atoms with Gasteiger partial charge in [0, 0.05) is 12.4 Å². The van der Waals surface area contributed by atoms with Crippen LogP contribution in [0.4, 0.5) is 3.89 Å². The Kier molecular flexibility index (Phi) is 2.32. The van der Waals surface area contributed by atoms with Crippen molar-refractivity contribution >= 4 is 22.4 Å². The topological polar surface area (TPSA) is 46.2 Å². The fourth-order valence-electron chi connectivity index (χ4n) is 1.33. The number of hydrogen-bond donors (Lipinski definition) is 1. The van der Waals surface area contributed by atoms with Crippen molar-refractivity contribution in [3.8, 4) is 0 Å². The summed E-state index contributed by atoms with van der Waals surface area (Å²) in [6, 6.07) is 4.12. The lowest BCUT2D eigenvalue weighted by Gasteiger charge is -2.01. The minimum absolute atomic E-state index is 0.318. The van der Waals surface area contributed by atoms with Crippen molar-refractivity contribution in [1.29, 1.82) is 0 Å². The van der Waals surface area contributed by atoms with Crippen LogP contribution in [0.3, 0.4) is 0 Å². The van der Waals surface area contributed by atoms with Gasteiger partial charge in [0.15, 0.2) is 0 Å². The van der Waals surface area contributed by atoms with Gasteiger partial charge in [0.25, 0.3) is 0 Å². The second-order valence-corrected chi connectivity index (χ2v) is 4.41. The standard InChI is InChI=1S/C10H8FNO2S/c11-15(13,14)10-2-1-8-3-5-12-6-4-9(8)7-10/h1-7,12H. The Morgan fingerprint density at radius 1 is 1.07 bits per heavy atom. The van der Waals surface area contributed by atoms with E-state index in [0.29, 0.717) is 5.56 Å². The Morgan fingerprint density at radius 3 is 2.40 bits per heavy atom. The van der Waals surface area contributed by atoms with E-state index in [1.165, 1.54) is 12.1 Å². The molecule has 2 rings (SSSR count). The van der Waals surface area contributed by atoms with E-state index in [0.717, 1.165) is 5.56 Å². The number of benzene rings is 1. The molecule has 78 valence electrons. The minimum Gasteiger partial charge on any atom is -0.368 e. The van der Waals surface area contributed by atoms with Crippen molar-refractivity contribution < 1.29 is 12.3 Å². The molecule has 0 radical (unpaired) electrons. The fourth-order valence-corrected chi connectivity index (χ4v) is 1.83. The van der Waals surface area contributed by atoms with E-state index in [2.05, 4.69) is 5.32 Å². The molecule has 1 N–H and O–H groups in total. The van der Waals surface area contributed by atoms with Crippen LogP contribution in [-0.4, -0.2) is 8.42 Å². The van der Waals surface area contributed by atoms with Crippen LogP contribution in [0.5, 0.6) is 0 Å². The molecule has 0 saturated carbocycles. The third kappa shape index (κ3) is 2.07. The molecule has 0 bridgehead atoms. The predicted octanol–water partition coefficient (Wildman–Crippen LogP) is 1.89. The van der Waals surface area contributed by atoms with Crippen LogP contribution in [-0.2, 0) is 10.2 Å². The van der Waals surface area contributed by atoms with Gasteiger partial charge in [-0.1, -0.05) is 6.07 Å². The first kappa shape index (κ1) is 9.92. The molecule has 1 aromatic rings. The zero-order chi connectivity index (χ0) is 10.9. The molecule has 0 amide bonds. The highest BCUT2D eigenvalue weighted by Crippen LogP contribution is 2.20. The van der Waals surface area contributed by atoms with Gasteiger partial charge >= 0.3 is 10.2 Å². The van der Waals surface area contributed by atoms with Crippen molar-refractivity contribution in [2.24, 2.45) is 0 Å². The summed E-state index contributed by atoms with van der Waals surface area (Å²) in [5.74, 6) is 0. The van der Waals surface area contributed by atoms with E-state index in [1.807, 2.05) is 0 Å². The maximum absolute atomic E-state index is 12.7. The van der Waals surface area contributed by atoms with Crippen LogP contribution in [0.25, 0.3) is 12.2 Å². The quantitative estimate of drug-likeness (QED) is 0.742. The van der Waals surface area contributed by atoms with E-state index in [4.69, 9.17) is 0 Å². The summed E-state index contributed by atoms with van der Waals surface area (Å²) in [5, 5.41) is 2.85. The molecular formula is C10H8FNO2S. The van der Waals surface area contributed by atoms with Gasteiger partial charge in [-0.3, -0.25) is 0 Å². The molecule has 1 aliphatic heterocycles. The highest BCUT2D eigenvalue weighted by atomic mass is 32.3. The molecule has 1 aromatic carbocycles. The van der Waals surface area contributed by atoms with Gasteiger partial charge in [0.05, 0.1) is 4.90 Å². The summed E-state index contributed by atoms with van der Waals surface area (Å²) in [5.41, 5.74) is 1.50. The molecule has 0 aliphatic carbocycles. The normalized spacial score (nSPS) is 14.2. The second-order valence-electron chi connectivity index (χ2n) is 3.06. The van der Waals surface area contributed by atoms with Crippen LogP contribution in [0, 0.1) is 0 Å². The Hall–Kier alpha value is -1.62. The van der Waals surface area contributed by atoms with Crippen LogP contribution < -0.4 is 5.32 Å². The first-order valence-electron chi connectivity index (χ1n) is 4.25. The molecule has 0 atom stereocenters. The summed E-state index contributed by atoms with van der Waals surface area (Å²) < 4.78 is 34.1. The maximum Gasteiger partial charge on any atom is 0.332 e. The molecule has 0 spiro atoms. The molecule has 0 fully saturated rings. The van der Waals surface area contributed by atoms with Crippen molar-refractivity contribution in [2.75, 3.05) is 0 Å². The fraction of sp³-hybridized carbons (Fsp3) is 0. The van der Waals surface area contributed by atoms with Gasteiger partial charge in [0.2, 0.25) is 0 Å². The van der Waals surface area contributed by atoms with Gasteiger partial charge in [-0.2, -0.15) is 8.42 Å². The lowest BCUT2D eigenvalue weighted by molar-refractivity contribution is 0.552. The van der Waals surface area contributed by atoms with Gasteiger partial charge in [0.1, 0.15) is 0 Å². The molecule has 0 aromatic heterocycles. The Labute approximate surface area is 87.1 Å². The zero-order valence-electron chi connectivity index (χ0n) is 7.64. The first-order valence-corrected chi connectivity index (χ1v) is 5.63. The third-order valence-corrected chi connectivity index (χ3v) is 2.88. The predicted molar refractivity (Wildman–Crippen MR) is 55.9 cm³/mol. The summed E-state index contributed by atoms with van der Waals surface area (Å²) >= 11 is 0. The van der Waals surface area contributed by atoms with Crippen molar-refractivity contribution in [3.05, 3.63) is 41.7 Å². The molecule has 1 aliphatic rings. The van der Waals surface area contributed by atoms with Gasteiger partial charge in [-0.05, 0) is 35.4 Å². The summed E-state index contributed by atoms with van der Waals surface area (Å²) in [6.45, 7) is 0. The highest BCUT2D eigenvalue weighted by Gasteiger charge is 2.13. The number of hydrogen-bond acceptors (Lipinski definition) is 3. The van der Waals surface area contributed by atoms with Gasteiger partial charge < -0.3 is 5.32 Å². The molecule has 5 heteroatoms. The van der Waals surface area contributed by atoms with E-state index in [9.17, 15) is 12.3 Å². The molecular weight excluding hydrogens is 217 g/mol. The average Bonchev–Trinajstić information content (AvgIpc) is 2.39. The number of fused-ring (bicyclic) bond motifs is 1. The molecule has 3 nitrogen and oxygen atoms in total. The largest absolute Gasteiger partial charge is 0.368 e. The van der Waals surface area contributed by atoms with E-state index < -0.39 is 10.2 Å². The molecule has 15 heavy (non-hydrogen) atoms. The van der Waals surface area contributed by atoms with E-state index >= 15 is 0 Å². The third-order valence-electron chi connectivity index (χ3n) is 2.06. The minimum atomic E-state index is -4.63. The van der Waals surface area contributed by atoms with Crippen LogP contribution in [0.2, 0.25) is 0 Å². The number of nitrogens with one attached hydrogen (secondary N) is 1. The molecule has 0 unspecified atom stereocenters. The van der Waals surface area contributed by atoms with Crippen LogP contribution in [0.15, 0.2) is 35.5 Å². The number of rotatable bonds is 1. The monoisotopic (exact) mass is 225 g/mol. The second kappa shape index (κ2) is 3.51. The average molecular weight is 225 g/mol. The van der Waals surface area contributed by atoms with Gasteiger partial charge in [-0.15, -0.1) is 3.89 Å². The van der Waals surface area contributed by atoms with Crippen molar-refractivity contribution in [2.45, 2.75) is 4.90 Å². The maximum atomic E-state index is 12.7. The highest BCUT2D eigenvalue weighted by molar-refractivity contribution is 7.86.